The first kappa shape index (κ1) is 10.4. The van der Waals surface area contributed by atoms with Gasteiger partial charge < -0.3 is 10.5 Å². The predicted molar refractivity (Wildman–Crippen MR) is 60.6 cm³/mol. The second-order valence-corrected chi connectivity index (χ2v) is 3.32. The number of rotatable bonds is 2. The summed E-state index contributed by atoms with van der Waals surface area (Å²) in [5, 5.41) is 0. The van der Waals surface area contributed by atoms with Crippen molar-refractivity contribution in [2.45, 2.75) is 0 Å². The van der Waals surface area contributed by atoms with Gasteiger partial charge in [-0.25, -0.2) is 9.37 Å². The minimum atomic E-state index is -0.319. The van der Waals surface area contributed by atoms with E-state index in [0.717, 1.165) is 5.56 Å². The summed E-state index contributed by atoms with van der Waals surface area (Å²) in [6.07, 6.45) is 1.60. The van der Waals surface area contributed by atoms with Crippen LogP contribution < -0.4 is 10.5 Å². The molecule has 1 aromatic heterocycles. The Balaban J connectivity index is 2.53. The van der Waals surface area contributed by atoms with Gasteiger partial charge in [-0.05, 0) is 29.8 Å². The highest BCUT2D eigenvalue weighted by Gasteiger charge is 2.05. The SMILES string of the molecule is COc1cc(-c2cc(F)ccc2N)ccn1. The maximum absolute atomic E-state index is 13.1. The molecule has 0 aliphatic rings. The van der Waals surface area contributed by atoms with Gasteiger partial charge in [0.2, 0.25) is 5.88 Å². The van der Waals surface area contributed by atoms with Crippen LogP contribution in [0.25, 0.3) is 11.1 Å². The molecule has 1 heterocycles. The number of methoxy groups -OCH3 is 1. The Morgan fingerprint density at radius 2 is 2.06 bits per heavy atom. The molecule has 2 aromatic rings. The fourth-order valence-electron chi connectivity index (χ4n) is 1.47. The van der Waals surface area contributed by atoms with Gasteiger partial charge in [-0.3, -0.25) is 0 Å². The number of nitrogens with zero attached hydrogens (tertiary/aromatic N) is 1. The molecule has 1 aromatic carbocycles. The molecule has 16 heavy (non-hydrogen) atoms. The average molecular weight is 218 g/mol. The van der Waals surface area contributed by atoms with E-state index in [1.54, 1.807) is 18.3 Å². The first-order chi connectivity index (χ1) is 7.70. The van der Waals surface area contributed by atoms with Crippen LogP contribution in [0.3, 0.4) is 0 Å². The molecule has 2 rings (SSSR count). The number of aromatic nitrogens is 1. The number of hydrogen-bond donors (Lipinski definition) is 1. The Morgan fingerprint density at radius 1 is 1.25 bits per heavy atom. The standard InChI is InChI=1S/C12H11FN2O/c1-16-12-6-8(4-5-15-12)10-7-9(13)2-3-11(10)14/h2-7H,14H2,1H3. The van der Waals surface area contributed by atoms with Crippen LogP contribution in [0, 0.1) is 5.82 Å². The summed E-state index contributed by atoms with van der Waals surface area (Å²) in [6, 6.07) is 7.73. The zero-order valence-corrected chi connectivity index (χ0v) is 8.77. The third-order valence-electron chi connectivity index (χ3n) is 2.27. The van der Waals surface area contributed by atoms with Gasteiger partial charge in [0.05, 0.1) is 7.11 Å². The number of benzene rings is 1. The van der Waals surface area contributed by atoms with Crippen LogP contribution in [0.5, 0.6) is 5.88 Å². The Morgan fingerprint density at radius 3 is 2.81 bits per heavy atom. The maximum atomic E-state index is 13.1. The lowest BCUT2D eigenvalue weighted by Gasteiger charge is -2.07. The maximum Gasteiger partial charge on any atom is 0.213 e. The Hall–Kier alpha value is -2.10. The van der Waals surface area contributed by atoms with E-state index in [4.69, 9.17) is 10.5 Å². The van der Waals surface area contributed by atoms with Crippen LogP contribution in [-0.4, -0.2) is 12.1 Å². The van der Waals surface area contributed by atoms with Crippen molar-refractivity contribution in [3.63, 3.8) is 0 Å². The van der Waals surface area contributed by atoms with Gasteiger partial charge in [-0.1, -0.05) is 0 Å². The number of halogens is 1. The molecule has 2 N–H and O–H groups in total. The highest BCUT2D eigenvalue weighted by atomic mass is 19.1. The van der Waals surface area contributed by atoms with Gasteiger partial charge in [0.1, 0.15) is 5.82 Å². The van der Waals surface area contributed by atoms with Crippen molar-refractivity contribution in [2.24, 2.45) is 0 Å². The summed E-state index contributed by atoms with van der Waals surface area (Å²) in [6.45, 7) is 0. The molecule has 0 radical (unpaired) electrons. The lowest BCUT2D eigenvalue weighted by molar-refractivity contribution is 0.398. The molecule has 0 saturated heterocycles. The summed E-state index contributed by atoms with van der Waals surface area (Å²) < 4.78 is 18.1. The van der Waals surface area contributed by atoms with Crippen molar-refractivity contribution in [3.05, 3.63) is 42.3 Å². The average Bonchev–Trinajstić information content (AvgIpc) is 2.32. The summed E-state index contributed by atoms with van der Waals surface area (Å²) in [5.41, 5.74) is 7.73. The zero-order chi connectivity index (χ0) is 11.5. The van der Waals surface area contributed by atoms with E-state index >= 15 is 0 Å². The molecule has 0 bridgehead atoms. The number of nitrogens with two attached hydrogens (primary N) is 1. The van der Waals surface area contributed by atoms with Gasteiger partial charge in [-0.2, -0.15) is 0 Å². The van der Waals surface area contributed by atoms with Crippen LogP contribution in [0.2, 0.25) is 0 Å². The Bertz CT molecular complexity index is 514. The summed E-state index contributed by atoms with van der Waals surface area (Å²) in [5.74, 6) is 0.154. The minimum Gasteiger partial charge on any atom is -0.481 e. The Kier molecular flexibility index (Phi) is 2.72. The van der Waals surface area contributed by atoms with Crippen molar-refractivity contribution < 1.29 is 9.13 Å². The van der Waals surface area contributed by atoms with E-state index in [9.17, 15) is 4.39 Å². The second-order valence-electron chi connectivity index (χ2n) is 3.32. The molecule has 0 spiro atoms. The Labute approximate surface area is 92.7 Å². The molecule has 82 valence electrons. The predicted octanol–water partition coefficient (Wildman–Crippen LogP) is 2.48. The minimum absolute atomic E-state index is 0.319. The largest absolute Gasteiger partial charge is 0.481 e. The van der Waals surface area contributed by atoms with Crippen molar-refractivity contribution in [1.82, 2.24) is 4.98 Å². The third-order valence-corrected chi connectivity index (χ3v) is 2.27. The van der Waals surface area contributed by atoms with E-state index in [-0.39, 0.29) is 5.82 Å². The van der Waals surface area contributed by atoms with Crippen LogP contribution in [-0.2, 0) is 0 Å². The number of ether oxygens (including phenoxy) is 1. The molecular weight excluding hydrogens is 207 g/mol. The molecule has 0 atom stereocenters. The van der Waals surface area contributed by atoms with Crippen LogP contribution >= 0.6 is 0 Å². The second kappa shape index (κ2) is 4.18. The zero-order valence-electron chi connectivity index (χ0n) is 8.77. The molecule has 0 saturated carbocycles. The normalized spacial score (nSPS) is 10.1. The molecule has 3 nitrogen and oxygen atoms in total. The topological polar surface area (TPSA) is 48.1 Å². The number of anilines is 1. The van der Waals surface area contributed by atoms with E-state index in [0.29, 0.717) is 17.1 Å². The lowest BCUT2D eigenvalue weighted by Crippen LogP contribution is -1.92. The molecule has 0 aliphatic heterocycles. The van der Waals surface area contributed by atoms with E-state index in [1.165, 1.54) is 25.3 Å². The van der Waals surface area contributed by atoms with E-state index < -0.39 is 0 Å². The summed E-state index contributed by atoms with van der Waals surface area (Å²) in [7, 11) is 1.53. The number of pyridine rings is 1. The van der Waals surface area contributed by atoms with Crippen molar-refractivity contribution in [2.75, 3.05) is 12.8 Å². The smallest absolute Gasteiger partial charge is 0.213 e. The lowest BCUT2D eigenvalue weighted by atomic mass is 10.1. The van der Waals surface area contributed by atoms with Crippen molar-refractivity contribution >= 4 is 5.69 Å². The van der Waals surface area contributed by atoms with Gasteiger partial charge in [0, 0.05) is 23.5 Å². The van der Waals surface area contributed by atoms with E-state index in [2.05, 4.69) is 4.98 Å². The van der Waals surface area contributed by atoms with Crippen molar-refractivity contribution in [1.29, 1.82) is 0 Å². The summed E-state index contributed by atoms with van der Waals surface area (Å²) >= 11 is 0. The van der Waals surface area contributed by atoms with Gasteiger partial charge in [0.15, 0.2) is 0 Å². The van der Waals surface area contributed by atoms with Gasteiger partial charge in [-0.15, -0.1) is 0 Å². The molecule has 0 unspecified atom stereocenters. The fraction of sp³-hybridized carbons (Fsp3) is 0.0833. The number of nitrogen functional groups attached to an aromatic ring is 1. The fourth-order valence-corrected chi connectivity index (χ4v) is 1.47. The first-order valence-electron chi connectivity index (χ1n) is 4.76. The highest BCUT2D eigenvalue weighted by Crippen LogP contribution is 2.28. The van der Waals surface area contributed by atoms with Crippen LogP contribution in [0.1, 0.15) is 0 Å². The quantitative estimate of drug-likeness (QED) is 0.788. The molecule has 0 fully saturated rings. The molecule has 0 aliphatic carbocycles. The third kappa shape index (κ3) is 1.95. The molecular formula is C12H11FN2O. The molecule has 0 amide bonds. The number of hydrogen-bond acceptors (Lipinski definition) is 3. The highest BCUT2D eigenvalue weighted by molar-refractivity contribution is 5.76. The van der Waals surface area contributed by atoms with Gasteiger partial charge in [0.25, 0.3) is 0 Å². The monoisotopic (exact) mass is 218 g/mol. The molecule has 4 heteroatoms. The first-order valence-corrected chi connectivity index (χ1v) is 4.76. The van der Waals surface area contributed by atoms with Crippen LogP contribution in [0.4, 0.5) is 10.1 Å². The summed E-state index contributed by atoms with van der Waals surface area (Å²) in [4.78, 5) is 3.98. The van der Waals surface area contributed by atoms with Crippen LogP contribution in [0.15, 0.2) is 36.5 Å². The van der Waals surface area contributed by atoms with Crippen molar-refractivity contribution in [3.8, 4) is 17.0 Å². The van der Waals surface area contributed by atoms with E-state index in [1.807, 2.05) is 0 Å². The van der Waals surface area contributed by atoms with Gasteiger partial charge >= 0.3 is 0 Å².